The normalized spacial score (nSPS) is 10.6. The summed E-state index contributed by atoms with van der Waals surface area (Å²) in [5.41, 5.74) is 0.944. The Bertz CT molecular complexity index is 292. The number of ether oxygens (including phenoxy) is 1. The van der Waals surface area contributed by atoms with Crippen LogP contribution in [-0.2, 0) is 0 Å². The van der Waals surface area contributed by atoms with Crippen LogP contribution < -0.4 is 4.74 Å². The third-order valence-corrected chi connectivity index (χ3v) is 1.80. The number of hydrogen-bond donors (Lipinski definition) is 0. The minimum Gasteiger partial charge on any atom is -0.495 e. The monoisotopic (exact) mass is 181 g/mol. The largest absolute Gasteiger partial charge is 0.495 e. The summed E-state index contributed by atoms with van der Waals surface area (Å²) in [5.74, 6) is 0.694. The fraction of sp³-hybridized carbons (Fsp3) is 0.100. The van der Waals surface area contributed by atoms with Crippen molar-refractivity contribution in [1.82, 2.24) is 0 Å². The summed E-state index contributed by atoms with van der Waals surface area (Å²) in [7, 11) is 1.60. The molecule has 63 valence electrons. The Kier molecular flexibility index (Phi) is 3.18. The van der Waals surface area contributed by atoms with E-state index in [0.717, 1.165) is 5.56 Å². The molecule has 0 spiro atoms. The lowest BCUT2D eigenvalue weighted by atomic mass is 10.2. The zero-order valence-electron chi connectivity index (χ0n) is 6.88. The van der Waals surface area contributed by atoms with Crippen molar-refractivity contribution in [1.29, 1.82) is 0 Å². The SMILES string of the molecule is [CH2]/C=C/c1cccc(Cl)c1OC. The lowest BCUT2D eigenvalue weighted by Gasteiger charge is -2.05. The molecule has 1 aromatic rings. The van der Waals surface area contributed by atoms with Gasteiger partial charge in [-0.3, -0.25) is 0 Å². The van der Waals surface area contributed by atoms with E-state index in [1.165, 1.54) is 0 Å². The third kappa shape index (κ3) is 1.80. The molecule has 0 N–H and O–H groups in total. The molecule has 0 heterocycles. The first-order valence-corrected chi connectivity index (χ1v) is 3.95. The number of halogens is 1. The van der Waals surface area contributed by atoms with Gasteiger partial charge in [0.1, 0.15) is 5.75 Å². The Morgan fingerprint density at radius 1 is 1.50 bits per heavy atom. The second kappa shape index (κ2) is 4.17. The molecule has 1 rings (SSSR count). The van der Waals surface area contributed by atoms with Crippen molar-refractivity contribution in [3.63, 3.8) is 0 Å². The van der Waals surface area contributed by atoms with Crippen LogP contribution in [0.15, 0.2) is 24.3 Å². The maximum Gasteiger partial charge on any atom is 0.144 e. The highest BCUT2D eigenvalue weighted by Crippen LogP contribution is 2.28. The Balaban J connectivity index is 3.18. The Hall–Kier alpha value is -0.950. The molecule has 0 aliphatic rings. The van der Waals surface area contributed by atoms with E-state index in [1.54, 1.807) is 19.3 Å². The zero-order chi connectivity index (χ0) is 8.97. The van der Waals surface area contributed by atoms with Gasteiger partial charge in [0.15, 0.2) is 0 Å². The van der Waals surface area contributed by atoms with Crippen molar-refractivity contribution in [3.05, 3.63) is 41.8 Å². The van der Waals surface area contributed by atoms with Gasteiger partial charge in [-0.1, -0.05) is 35.9 Å². The molecule has 0 atom stereocenters. The van der Waals surface area contributed by atoms with Crippen LogP contribution in [0, 0.1) is 6.92 Å². The van der Waals surface area contributed by atoms with E-state index < -0.39 is 0 Å². The van der Waals surface area contributed by atoms with Gasteiger partial charge in [0, 0.05) is 5.56 Å². The maximum atomic E-state index is 5.89. The Morgan fingerprint density at radius 3 is 2.83 bits per heavy atom. The van der Waals surface area contributed by atoms with Gasteiger partial charge in [-0.2, -0.15) is 0 Å². The standard InChI is InChI=1S/C10H10ClO/c1-3-5-8-6-4-7-9(11)10(8)12-2/h3-7H,1H2,2H3/b5-3+. The summed E-state index contributed by atoms with van der Waals surface area (Å²) >= 11 is 5.89. The van der Waals surface area contributed by atoms with Crippen LogP contribution in [0.2, 0.25) is 5.02 Å². The van der Waals surface area contributed by atoms with Crippen molar-refractivity contribution in [2.75, 3.05) is 7.11 Å². The number of benzene rings is 1. The molecule has 1 radical (unpaired) electrons. The van der Waals surface area contributed by atoms with Gasteiger partial charge < -0.3 is 4.74 Å². The van der Waals surface area contributed by atoms with Gasteiger partial charge in [-0.05, 0) is 13.0 Å². The zero-order valence-corrected chi connectivity index (χ0v) is 7.64. The summed E-state index contributed by atoms with van der Waals surface area (Å²) in [6, 6.07) is 5.59. The van der Waals surface area contributed by atoms with Crippen molar-refractivity contribution >= 4 is 17.7 Å². The summed E-state index contributed by atoms with van der Waals surface area (Å²) < 4.78 is 5.12. The van der Waals surface area contributed by atoms with Gasteiger partial charge in [-0.15, -0.1) is 0 Å². The molecule has 0 aromatic heterocycles. The van der Waals surface area contributed by atoms with Crippen LogP contribution in [0.3, 0.4) is 0 Å². The predicted octanol–water partition coefficient (Wildman–Crippen LogP) is 3.20. The molecule has 1 aromatic carbocycles. The highest BCUT2D eigenvalue weighted by Gasteiger charge is 2.02. The van der Waals surface area contributed by atoms with Crippen molar-refractivity contribution in [2.45, 2.75) is 0 Å². The molecule has 0 fully saturated rings. The maximum absolute atomic E-state index is 5.89. The molecular weight excluding hydrogens is 172 g/mol. The molecule has 0 unspecified atom stereocenters. The average Bonchev–Trinajstić information content (AvgIpc) is 2.05. The van der Waals surface area contributed by atoms with Gasteiger partial charge in [-0.25, -0.2) is 0 Å². The summed E-state index contributed by atoms with van der Waals surface area (Å²) in [4.78, 5) is 0. The topological polar surface area (TPSA) is 9.23 Å². The highest BCUT2D eigenvalue weighted by atomic mass is 35.5. The van der Waals surface area contributed by atoms with Crippen LogP contribution >= 0.6 is 11.6 Å². The van der Waals surface area contributed by atoms with E-state index in [9.17, 15) is 0 Å². The van der Waals surface area contributed by atoms with Gasteiger partial charge in [0.2, 0.25) is 0 Å². The van der Waals surface area contributed by atoms with E-state index in [4.69, 9.17) is 16.3 Å². The second-order valence-electron chi connectivity index (χ2n) is 2.26. The summed E-state index contributed by atoms with van der Waals surface area (Å²) in [6.45, 7) is 3.61. The van der Waals surface area contributed by atoms with Gasteiger partial charge in [0.05, 0.1) is 12.1 Å². The molecule has 2 heteroatoms. The number of hydrogen-bond acceptors (Lipinski definition) is 1. The number of allylic oxidation sites excluding steroid dienone is 1. The lowest BCUT2D eigenvalue weighted by Crippen LogP contribution is -1.87. The van der Waals surface area contributed by atoms with E-state index >= 15 is 0 Å². The Morgan fingerprint density at radius 2 is 2.25 bits per heavy atom. The van der Waals surface area contributed by atoms with Crippen molar-refractivity contribution < 1.29 is 4.74 Å². The van der Waals surface area contributed by atoms with Crippen LogP contribution in [0.25, 0.3) is 6.08 Å². The number of rotatable bonds is 2. The highest BCUT2D eigenvalue weighted by molar-refractivity contribution is 6.32. The van der Waals surface area contributed by atoms with E-state index in [2.05, 4.69) is 6.92 Å². The Labute approximate surface area is 77.6 Å². The van der Waals surface area contributed by atoms with E-state index in [1.807, 2.05) is 18.2 Å². The van der Waals surface area contributed by atoms with E-state index in [0.29, 0.717) is 10.8 Å². The van der Waals surface area contributed by atoms with Crippen molar-refractivity contribution in [3.8, 4) is 5.75 Å². The predicted molar refractivity (Wildman–Crippen MR) is 52.4 cm³/mol. The van der Waals surface area contributed by atoms with Crippen molar-refractivity contribution in [2.24, 2.45) is 0 Å². The van der Waals surface area contributed by atoms with E-state index in [-0.39, 0.29) is 0 Å². The minimum atomic E-state index is 0.619. The van der Waals surface area contributed by atoms with Crippen LogP contribution in [-0.4, -0.2) is 7.11 Å². The third-order valence-electron chi connectivity index (χ3n) is 1.50. The van der Waals surface area contributed by atoms with Crippen LogP contribution in [0.1, 0.15) is 5.56 Å². The number of para-hydroxylation sites is 1. The molecule has 0 aliphatic carbocycles. The fourth-order valence-electron chi connectivity index (χ4n) is 0.999. The molecule has 0 aliphatic heterocycles. The van der Waals surface area contributed by atoms with Crippen LogP contribution in [0.5, 0.6) is 5.75 Å². The van der Waals surface area contributed by atoms with Gasteiger partial charge in [0.25, 0.3) is 0 Å². The first kappa shape index (κ1) is 9.14. The summed E-state index contributed by atoms with van der Waals surface area (Å²) in [5, 5.41) is 0.619. The smallest absolute Gasteiger partial charge is 0.144 e. The quantitative estimate of drug-likeness (QED) is 0.681. The molecule has 0 saturated heterocycles. The first-order valence-electron chi connectivity index (χ1n) is 3.58. The summed E-state index contributed by atoms with van der Waals surface area (Å²) in [6.07, 6.45) is 3.55. The number of methoxy groups -OCH3 is 1. The first-order chi connectivity index (χ1) is 5.79. The molecule has 0 amide bonds. The molecule has 1 nitrogen and oxygen atoms in total. The molecule has 0 saturated carbocycles. The second-order valence-corrected chi connectivity index (χ2v) is 2.67. The fourth-order valence-corrected chi connectivity index (χ4v) is 1.26. The minimum absolute atomic E-state index is 0.619. The molecular formula is C10H10ClO. The lowest BCUT2D eigenvalue weighted by molar-refractivity contribution is 0.414. The van der Waals surface area contributed by atoms with Crippen LogP contribution in [0.4, 0.5) is 0 Å². The molecule has 0 bridgehead atoms. The average molecular weight is 182 g/mol. The van der Waals surface area contributed by atoms with Gasteiger partial charge >= 0.3 is 0 Å². The molecule has 12 heavy (non-hydrogen) atoms.